The minimum absolute atomic E-state index is 0.329. The number of anilines is 1. The Morgan fingerprint density at radius 3 is 2.62 bits per heavy atom. The SMILES string of the molecule is Nc1ncc(-c2ccc(C=O)cc2)cc1-c1nc2ncccc2o1. The van der Waals surface area contributed by atoms with E-state index in [1.54, 1.807) is 36.7 Å². The summed E-state index contributed by atoms with van der Waals surface area (Å²) in [6.45, 7) is 0. The molecule has 0 aliphatic carbocycles. The minimum atomic E-state index is 0.329. The molecule has 4 rings (SSSR count). The Hall–Kier alpha value is -3.54. The van der Waals surface area contributed by atoms with Crippen LogP contribution in [0.4, 0.5) is 5.82 Å². The van der Waals surface area contributed by atoms with Gasteiger partial charge >= 0.3 is 0 Å². The average Bonchev–Trinajstić information content (AvgIpc) is 3.06. The van der Waals surface area contributed by atoms with Crippen molar-refractivity contribution >= 4 is 23.3 Å². The number of hydrogen-bond acceptors (Lipinski definition) is 6. The lowest BCUT2D eigenvalue weighted by Crippen LogP contribution is -1.95. The summed E-state index contributed by atoms with van der Waals surface area (Å²) < 4.78 is 5.72. The maximum absolute atomic E-state index is 10.8. The number of hydrogen-bond donors (Lipinski definition) is 1. The molecule has 0 aliphatic rings. The summed E-state index contributed by atoms with van der Waals surface area (Å²) in [6, 6.07) is 12.7. The van der Waals surface area contributed by atoms with Crippen molar-refractivity contribution in [1.29, 1.82) is 0 Å². The van der Waals surface area contributed by atoms with E-state index in [1.165, 1.54) is 0 Å². The van der Waals surface area contributed by atoms with Gasteiger partial charge in [0.2, 0.25) is 5.89 Å². The van der Waals surface area contributed by atoms with Crippen LogP contribution in [-0.4, -0.2) is 21.2 Å². The minimum Gasteiger partial charge on any atom is -0.434 e. The first kappa shape index (κ1) is 14.1. The second-order valence-electron chi connectivity index (χ2n) is 5.24. The molecule has 0 aliphatic heterocycles. The summed E-state index contributed by atoms with van der Waals surface area (Å²) >= 11 is 0. The fraction of sp³-hybridized carbons (Fsp3) is 0. The van der Waals surface area contributed by atoms with Gasteiger partial charge in [0.1, 0.15) is 12.1 Å². The Balaban J connectivity index is 1.81. The predicted octanol–water partition coefficient (Wildman–Crippen LogP) is 3.35. The molecule has 6 heteroatoms. The molecule has 2 N–H and O–H groups in total. The zero-order valence-corrected chi connectivity index (χ0v) is 12.5. The molecule has 0 radical (unpaired) electrons. The van der Waals surface area contributed by atoms with Gasteiger partial charge in [0.25, 0.3) is 0 Å². The van der Waals surface area contributed by atoms with Crippen molar-refractivity contribution in [2.24, 2.45) is 0 Å². The van der Waals surface area contributed by atoms with Crippen LogP contribution in [0, 0.1) is 0 Å². The Morgan fingerprint density at radius 2 is 1.88 bits per heavy atom. The van der Waals surface area contributed by atoms with Gasteiger partial charge in [-0.15, -0.1) is 0 Å². The fourth-order valence-electron chi connectivity index (χ4n) is 2.44. The Labute approximate surface area is 137 Å². The van der Waals surface area contributed by atoms with Gasteiger partial charge in [-0.05, 0) is 23.8 Å². The highest BCUT2D eigenvalue weighted by Crippen LogP contribution is 2.30. The van der Waals surface area contributed by atoms with Crippen LogP contribution in [0.5, 0.6) is 0 Å². The van der Waals surface area contributed by atoms with Crippen LogP contribution in [-0.2, 0) is 0 Å². The van der Waals surface area contributed by atoms with Crippen LogP contribution in [0.3, 0.4) is 0 Å². The molecule has 24 heavy (non-hydrogen) atoms. The molecule has 4 aromatic rings. The summed E-state index contributed by atoms with van der Waals surface area (Å²) in [7, 11) is 0. The van der Waals surface area contributed by atoms with Crippen molar-refractivity contribution < 1.29 is 9.21 Å². The molecule has 3 heterocycles. The first-order valence-electron chi connectivity index (χ1n) is 7.27. The highest BCUT2D eigenvalue weighted by Gasteiger charge is 2.14. The maximum atomic E-state index is 10.8. The Bertz CT molecular complexity index is 1010. The second-order valence-corrected chi connectivity index (χ2v) is 5.24. The number of aromatic nitrogens is 3. The highest BCUT2D eigenvalue weighted by atomic mass is 16.3. The van der Waals surface area contributed by atoms with Gasteiger partial charge < -0.3 is 10.2 Å². The molecule has 0 saturated carbocycles. The summed E-state index contributed by atoms with van der Waals surface area (Å²) in [5.74, 6) is 0.704. The van der Waals surface area contributed by atoms with Crippen molar-refractivity contribution in [2.75, 3.05) is 5.73 Å². The number of carbonyl (C=O) groups is 1. The number of aldehydes is 1. The Morgan fingerprint density at radius 1 is 1.04 bits per heavy atom. The molecule has 116 valence electrons. The van der Waals surface area contributed by atoms with Gasteiger partial charge in [0, 0.05) is 23.5 Å². The van der Waals surface area contributed by atoms with Crippen LogP contribution < -0.4 is 5.73 Å². The fourth-order valence-corrected chi connectivity index (χ4v) is 2.44. The molecule has 3 aromatic heterocycles. The third kappa shape index (κ3) is 2.40. The van der Waals surface area contributed by atoms with Gasteiger partial charge in [-0.2, -0.15) is 4.98 Å². The van der Waals surface area contributed by atoms with Gasteiger partial charge in [0.05, 0.1) is 5.56 Å². The molecule has 0 unspecified atom stereocenters. The molecule has 0 fully saturated rings. The number of benzene rings is 1. The lowest BCUT2D eigenvalue weighted by Gasteiger charge is -2.05. The van der Waals surface area contributed by atoms with Gasteiger partial charge in [-0.25, -0.2) is 9.97 Å². The van der Waals surface area contributed by atoms with Gasteiger partial charge in [-0.3, -0.25) is 4.79 Å². The van der Waals surface area contributed by atoms with E-state index in [2.05, 4.69) is 15.0 Å². The summed E-state index contributed by atoms with van der Waals surface area (Å²) in [5, 5.41) is 0. The molecule has 0 bridgehead atoms. The number of pyridine rings is 2. The van der Waals surface area contributed by atoms with Gasteiger partial charge in [0.15, 0.2) is 11.2 Å². The average molecular weight is 316 g/mol. The summed E-state index contributed by atoms with van der Waals surface area (Å²) in [4.78, 5) is 23.5. The van der Waals surface area contributed by atoms with Crippen molar-refractivity contribution in [2.45, 2.75) is 0 Å². The molecule has 1 aromatic carbocycles. The van der Waals surface area contributed by atoms with E-state index in [9.17, 15) is 4.79 Å². The third-order valence-corrected chi connectivity index (χ3v) is 3.69. The van der Waals surface area contributed by atoms with Gasteiger partial charge in [-0.1, -0.05) is 24.3 Å². The van der Waals surface area contributed by atoms with E-state index in [-0.39, 0.29) is 0 Å². The standard InChI is InChI=1S/C18H12N4O2/c19-16-14(18-22-17-15(24-18)2-1-7-20-17)8-13(9-21-16)12-5-3-11(10-23)4-6-12/h1-10H,(H2,19,21). The first-order chi connectivity index (χ1) is 11.7. The third-order valence-electron chi connectivity index (χ3n) is 3.69. The molecular formula is C18H12N4O2. The molecule has 0 amide bonds. The monoisotopic (exact) mass is 316 g/mol. The number of carbonyl (C=O) groups excluding carboxylic acids is 1. The lowest BCUT2D eigenvalue weighted by atomic mass is 10.0. The van der Waals surface area contributed by atoms with Crippen LogP contribution in [0.25, 0.3) is 33.8 Å². The van der Waals surface area contributed by atoms with Crippen molar-refractivity contribution in [3.63, 3.8) is 0 Å². The number of nitrogens with zero attached hydrogens (tertiary/aromatic N) is 3. The van der Waals surface area contributed by atoms with E-state index < -0.39 is 0 Å². The number of oxazole rings is 1. The second kappa shape index (κ2) is 5.58. The largest absolute Gasteiger partial charge is 0.434 e. The highest BCUT2D eigenvalue weighted by molar-refractivity contribution is 5.80. The van der Waals surface area contributed by atoms with E-state index in [0.717, 1.165) is 17.4 Å². The van der Waals surface area contributed by atoms with E-state index >= 15 is 0 Å². The molecule has 0 atom stereocenters. The summed E-state index contributed by atoms with van der Waals surface area (Å²) in [5.41, 5.74) is 10.1. The predicted molar refractivity (Wildman–Crippen MR) is 90.3 cm³/mol. The first-order valence-corrected chi connectivity index (χ1v) is 7.27. The number of fused-ring (bicyclic) bond motifs is 1. The van der Waals surface area contributed by atoms with Crippen LogP contribution >= 0.6 is 0 Å². The van der Waals surface area contributed by atoms with Crippen LogP contribution in [0.15, 0.2) is 59.3 Å². The quantitative estimate of drug-likeness (QED) is 0.582. The summed E-state index contributed by atoms with van der Waals surface area (Å²) in [6.07, 6.45) is 4.14. The van der Waals surface area contributed by atoms with E-state index in [1.807, 2.05) is 18.2 Å². The number of nitrogens with two attached hydrogens (primary N) is 1. The molecule has 6 nitrogen and oxygen atoms in total. The smallest absolute Gasteiger partial charge is 0.232 e. The Kier molecular flexibility index (Phi) is 3.28. The molecule has 0 spiro atoms. The zero-order valence-electron chi connectivity index (χ0n) is 12.5. The molecular weight excluding hydrogens is 304 g/mol. The van der Waals surface area contributed by atoms with Crippen molar-refractivity contribution in [1.82, 2.24) is 15.0 Å². The van der Waals surface area contributed by atoms with Crippen LogP contribution in [0.1, 0.15) is 10.4 Å². The van der Waals surface area contributed by atoms with Crippen molar-refractivity contribution in [3.05, 3.63) is 60.4 Å². The maximum Gasteiger partial charge on any atom is 0.232 e. The topological polar surface area (TPSA) is 94.9 Å². The van der Waals surface area contributed by atoms with E-state index in [0.29, 0.717) is 34.1 Å². The number of nitrogen functional groups attached to an aromatic ring is 1. The lowest BCUT2D eigenvalue weighted by molar-refractivity contribution is 0.112. The van der Waals surface area contributed by atoms with E-state index in [4.69, 9.17) is 10.2 Å². The number of rotatable bonds is 3. The van der Waals surface area contributed by atoms with Crippen LogP contribution in [0.2, 0.25) is 0 Å². The normalized spacial score (nSPS) is 10.8. The van der Waals surface area contributed by atoms with Crippen molar-refractivity contribution in [3.8, 4) is 22.6 Å². The zero-order chi connectivity index (χ0) is 16.5. The molecule has 0 saturated heterocycles.